The van der Waals surface area contributed by atoms with Gasteiger partial charge in [-0.25, -0.2) is 0 Å². The van der Waals surface area contributed by atoms with Crippen LogP contribution in [0.25, 0.3) is 0 Å². The summed E-state index contributed by atoms with van der Waals surface area (Å²) in [5.41, 5.74) is 1.36. The van der Waals surface area contributed by atoms with E-state index < -0.39 is 0 Å². The molecule has 0 amide bonds. The molecule has 0 bridgehead atoms. The Kier molecular flexibility index (Phi) is 3.97. The van der Waals surface area contributed by atoms with Crippen molar-refractivity contribution in [1.82, 2.24) is 0 Å². The van der Waals surface area contributed by atoms with Crippen LogP contribution in [0.5, 0.6) is 0 Å². The van der Waals surface area contributed by atoms with Crippen molar-refractivity contribution in [2.24, 2.45) is 0 Å². The number of aliphatic hydroxyl groups is 1. The fraction of sp³-hybridized carbons (Fsp3) is 0.500. The summed E-state index contributed by atoms with van der Waals surface area (Å²) in [6.45, 7) is 4.05. The fourth-order valence-corrected chi connectivity index (χ4v) is 1.44. The molecule has 1 N–H and O–H groups in total. The second kappa shape index (κ2) is 5.03. The molecule has 1 nitrogen and oxygen atoms in total. The molecule has 1 aromatic rings. The SMILES string of the molecule is CC(O)CCC(C)c1ccccc1. The molecule has 0 saturated carbocycles. The highest BCUT2D eigenvalue weighted by Gasteiger charge is 2.05. The molecule has 1 aromatic carbocycles. The molecule has 72 valence electrons. The van der Waals surface area contributed by atoms with Crippen LogP contribution < -0.4 is 0 Å². The predicted molar refractivity (Wildman–Crippen MR) is 55.8 cm³/mol. The van der Waals surface area contributed by atoms with Crippen LogP contribution in [0.1, 0.15) is 38.2 Å². The normalized spacial score (nSPS) is 15.3. The lowest BCUT2D eigenvalue weighted by Gasteiger charge is -2.12. The first-order valence-electron chi connectivity index (χ1n) is 4.93. The van der Waals surface area contributed by atoms with Crippen molar-refractivity contribution in [2.45, 2.75) is 38.7 Å². The lowest BCUT2D eigenvalue weighted by Crippen LogP contribution is -2.02. The van der Waals surface area contributed by atoms with Crippen molar-refractivity contribution >= 4 is 0 Å². The minimum atomic E-state index is -0.175. The average molecular weight is 178 g/mol. The minimum Gasteiger partial charge on any atom is -0.393 e. The molecule has 0 radical (unpaired) electrons. The van der Waals surface area contributed by atoms with Crippen LogP contribution >= 0.6 is 0 Å². The van der Waals surface area contributed by atoms with Gasteiger partial charge in [0, 0.05) is 0 Å². The Morgan fingerprint density at radius 3 is 2.23 bits per heavy atom. The van der Waals surface area contributed by atoms with Gasteiger partial charge in [-0.3, -0.25) is 0 Å². The summed E-state index contributed by atoms with van der Waals surface area (Å²) in [6, 6.07) is 10.5. The van der Waals surface area contributed by atoms with Crippen molar-refractivity contribution in [1.29, 1.82) is 0 Å². The number of rotatable bonds is 4. The Bertz CT molecular complexity index is 228. The third kappa shape index (κ3) is 3.60. The van der Waals surface area contributed by atoms with Gasteiger partial charge in [0.1, 0.15) is 0 Å². The Balaban J connectivity index is 2.44. The maximum absolute atomic E-state index is 9.15. The van der Waals surface area contributed by atoms with Crippen molar-refractivity contribution in [3.8, 4) is 0 Å². The van der Waals surface area contributed by atoms with Gasteiger partial charge in [0.2, 0.25) is 0 Å². The average Bonchev–Trinajstić information content (AvgIpc) is 2.15. The van der Waals surface area contributed by atoms with E-state index in [1.165, 1.54) is 5.56 Å². The Labute approximate surface area is 80.4 Å². The molecule has 0 aliphatic rings. The highest BCUT2D eigenvalue weighted by Crippen LogP contribution is 2.20. The van der Waals surface area contributed by atoms with Crippen molar-refractivity contribution in [3.05, 3.63) is 35.9 Å². The summed E-state index contributed by atoms with van der Waals surface area (Å²) in [4.78, 5) is 0. The van der Waals surface area contributed by atoms with Crippen molar-refractivity contribution in [2.75, 3.05) is 0 Å². The summed E-state index contributed by atoms with van der Waals surface area (Å²) in [7, 11) is 0. The lowest BCUT2D eigenvalue weighted by molar-refractivity contribution is 0.179. The summed E-state index contributed by atoms with van der Waals surface area (Å²) in [6.07, 6.45) is 1.77. The molecular weight excluding hydrogens is 160 g/mol. The number of benzene rings is 1. The van der Waals surface area contributed by atoms with Crippen LogP contribution in [0, 0.1) is 0 Å². The van der Waals surface area contributed by atoms with Gasteiger partial charge in [0.05, 0.1) is 6.10 Å². The first-order chi connectivity index (χ1) is 6.20. The maximum Gasteiger partial charge on any atom is 0.0512 e. The molecule has 1 rings (SSSR count). The van der Waals surface area contributed by atoms with Crippen molar-refractivity contribution in [3.63, 3.8) is 0 Å². The van der Waals surface area contributed by atoms with E-state index in [9.17, 15) is 0 Å². The number of hydrogen-bond donors (Lipinski definition) is 1. The first kappa shape index (κ1) is 10.3. The summed E-state index contributed by atoms with van der Waals surface area (Å²) in [5, 5.41) is 9.15. The Hall–Kier alpha value is -0.820. The molecule has 0 heterocycles. The minimum absolute atomic E-state index is 0.175. The zero-order chi connectivity index (χ0) is 9.68. The van der Waals surface area contributed by atoms with Crippen LogP contribution in [-0.4, -0.2) is 11.2 Å². The summed E-state index contributed by atoms with van der Waals surface area (Å²) >= 11 is 0. The second-order valence-electron chi connectivity index (χ2n) is 3.74. The van der Waals surface area contributed by atoms with E-state index in [1.54, 1.807) is 0 Å². The van der Waals surface area contributed by atoms with Crippen LogP contribution in [-0.2, 0) is 0 Å². The van der Waals surface area contributed by atoms with E-state index in [-0.39, 0.29) is 6.10 Å². The molecule has 0 saturated heterocycles. The van der Waals surface area contributed by atoms with Crippen LogP contribution in [0.4, 0.5) is 0 Å². The van der Waals surface area contributed by atoms with E-state index in [0.29, 0.717) is 5.92 Å². The molecule has 0 fully saturated rings. The number of aliphatic hydroxyl groups excluding tert-OH is 1. The topological polar surface area (TPSA) is 20.2 Å². The van der Waals surface area contributed by atoms with Gasteiger partial charge >= 0.3 is 0 Å². The van der Waals surface area contributed by atoms with Gasteiger partial charge in [-0.05, 0) is 31.2 Å². The molecule has 0 aliphatic heterocycles. The smallest absolute Gasteiger partial charge is 0.0512 e. The first-order valence-corrected chi connectivity index (χ1v) is 4.93. The van der Waals surface area contributed by atoms with Crippen molar-refractivity contribution < 1.29 is 5.11 Å². The largest absolute Gasteiger partial charge is 0.393 e. The van der Waals surface area contributed by atoms with Gasteiger partial charge < -0.3 is 5.11 Å². The van der Waals surface area contributed by atoms with Gasteiger partial charge in [-0.2, -0.15) is 0 Å². The van der Waals surface area contributed by atoms with Crippen LogP contribution in [0.2, 0.25) is 0 Å². The molecule has 2 unspecified atom stereocenters. The quantitative estimate of drug-likeness (QED) is 0.751. The van der Waals surface area contributed by atoms with Gasteiger partial charge in [0.25, 0.3) is 0 Å². The molecule has 0 aromatic heterocycles. The Morgan fingerprint density at radius 1 is 1.08 bits per heavy atom. The monoisotopic (exact) mass is 178 g/mol. The Morgan fingerprint density at radius 2 is 1.69 bits per heavy atom. The van der Waals surface area contributed by atoms with Crippen LogP contribution in [0.15, 0.2) is 30.3 Å². The van der Waals surface area contributed by atoms with E-state index >= 15 is 0 Å². The zero-order valence-electron chi connectivity index (χ0n) is 8.40. The summed E-state index contributed by atoms with van der Waals surface area (Å²) in [5.74, 6) is 0.552. The third-order valence-electron chi connectivity index (χ3n) is 2.39. The van der Waals surface area contributed by atoms with Crippen LogP contribution in [0.3, 0.4) is 0 Å². The standard InChI is InChI=1S/C12H18O/c1-10(8-9-11(2)13)12-6-4-3-5-7-12/h3-7,10-11,13H,8-9H2,1-2H3. The van der Waals surface area contributed by atoms with Gasteiger partial charge in [-0.15, -0.1) is 0 Å². The van der Waals surface area contributed by atoms with E-state index in [2.05, 4.69) is 31.2 Å². The molecule has 2 atom stereocenters. The van der Waals surface area contributed by atoms with Gasteiger partial charge in [-0.1, -0.05) is 37.3 Å². The third-order valence-corrected chi connectivity index (χ3v) is 2.39. The molecule has 0 aliphatic carbocycles. The fourth-order valence-electron chi connectivity index (χ4n) is 1.44. The van der Waals surface area contributed by atoms with E-state index in [4.69, 9.17) is 5.11 Å². The predicted octanol–water partition coefficient (Wildman–Crippen LogP) is 2.95. The summed E-state index contributed by atoms with van der Waals surface area (Å²) < 4.78 is 0. The van der Waals surface area contributed by atoms with E-state index in [1.807, 2.05) is 13.0 Å². The second-order valence-corrected chi connectivity index (χ2v) is 3.74. The molecule has 13 heavy (non-hydrogen) atoms. The highest BCUT2D eigenvalue weighted by molar-refractivity contribution is 5.18. The zero-order valence-corrected chi connectivity index (χ0v) is 8.40. The molecule has 1 heteroatoms. The molecule has 0 spiro atoms. The highest BCUT2D eigenvalue weighted by atomic mass is 16.3. The maximum atomic E-state index is 9.15. The van der Waals surface area contributed by atoms with Gasteiger partial charge in [0.15, 0.2) is 0 Å². The lowest BCUT2D eigenvalue weighted by atomic mass is 9.95. The molecular formula is C12H18O. The van der Waals surface area contributed by atoms with E-state index in [0.717, 1.165) is 12.8 Å². The number of hydrogen-bond acceptors (Lipinski definition) is 1.